The number of nitrogens with zero attached hydrogens (tertiary/aromatic N) is 1. The lowest BCUT2D eigenvalue weighted by atomic mass is 10.3. The molecule has 0 bridgehead atoms. The minimum Gasteiger partial charge on any atom is -0.351 e. The molecule has 0 saturated carbocycles. The number of halogens is 1. The maximum atomic E-state index is 11.4. The van der Waals surface area contributed by atoms with Crippen molar-refractivity contribution in [2.45, 2.75) is 12.8 Å². The van der Waals surface area contributed by atoms with Crippen molar-refractivity contribution in [3.05, 3.63) is 21.3 Å². The number of rotatable bonds is 4. The third-order valence-corrected chi connectivity index (χ3v) is 2.91. The van der Waals surface area contributed by atoms with E-state index in [0.717, 1.165) is 0 Å². The fourth-order valence-corrected chi connectivity index (χ4v) is 1.96. The van der Waals surface area contributed by atoms with Crippen LogP contribution in [0, 0.1) is 11.3 Å². The quantitative estimate of drug-likeness (QED) is 0.805. The van der Waals surface area contributed by atoms with E-state index in [-0.39, 0.29) is 5.91 Å². The topological polar surface area (TPSA) is 52.9 Å². The second-order valence-electron chi connectivity index (χ2n) is 2.62. The van der Waals surface area contributed by atoms with Crippen LogP contribution in [0.2, 0.25) is 5.02 Å². The standard InChI is InChI=1S/C9H9ClN2OS/c10-7-3-6-14-8(7)9(13)12-5-2-1-4-11/h3,6H,1-2,5H2,(H,12,13). The Morgan fingerprint density at radius 1 is 1.71 bits per heavy atom. The molecule has 0 spiro atoms. The van der Waals surface area contributed by atoms with E-state index in [1.54, 1.807) is 11.4 Å². The lowest BCUT2D eigenvalue weighted by Crippen LogP contribution is -2.23. The monoisotopic (exact) mass is 228 g/mol. The summed E-state index contributed by atoms with van der Waals surface area (Å²) in [6, 6.07) is 3.70. The summed E-state index contributed by atoms with van der Waals surface area (Å²) in [7, 11) is 0. The normalized spacial score (nSPS) is 9.43. The third kappa shape index (κ3) is 3.02. The van der Waals surface area contributed by atoms with Crippen LogP contribution >= 0.6 is 22.9 Å². The van der Waals surface area contributed by atoms with Gasteiger partial charge in [-0.3, -0.25) is 4.79 Å². The van der Waals surface area contributed by atoms with Crippen LogP contribution in [0.5, 0.6) is 0 Å². The van der Waals surface area contributed by atoms with Crippen molar-refractivity contribution in [1.29, 1.82) is 5.26 Å². The van der Waals surface area contributed by atoms with Crippen LogP contribution in [0.25, 0.3) is 0 Å². The van der Waals surface area contributed by atoms with E-state index < -0.39 is 0 Å². The van der Waals surface area contributed by atoms with E-state index in [2.05, 4.69) is 5.32 Å². The largest absolute Gasteiger partial charge is 0.351 e. The van der Waals surface area contributed by atoms with Gasteiger partial charge in [0.25, 0.3) is 5.91 Å². The van der Waals surface area contributed by atoms with E-state index in [0.29, 0.717) is 29.3 Å². The van der Waals surface area contributed by atoms with E-state index in [1.807, 2.05) is 6.07 Å². The van der Waals surface area contributed by atoms with E-state index in [9.17, 15) is 4.79 Å². The summed E-state index contributed by atoms with van der Waals surface area (Å²) in [6.07, 6.45) is 1.13. The molecule has 5 heteroatoms. The number of nitrogens with one attached hydrogen (secondary N) is 1. The van der Waals surface area contributed by atoms with Crippen molar-refractivity contribution in [3.8, 4) is 6.07 Å². The molecule has 74 valence electrons. The van der Waals surface area contributed by atoms with Crippen LogP contribution in [0.1, 0.15) is 22.5 Å². The molecule has 1 amide bonds. The van der Waals surface area contributed by atoms with Gasteiger partial charge in [0.15, 0.2) is 0 Å². The zero-order valence-corrected chi connectivity index (χ0v) is 8.99. The van der Waals surface area contributed by atoms with Crippen LogP contribution in [0.4, 0.5) is 0 Å². The van der Waals surface area contributed by atoms with E-state index >= 15 is 0 Å². The van der Waals surface area contributed by atoms with Crippen molar-refractivity contribution in [1.82, 2.24) is 5.32 Å². The van der Waals surface area contributed by atoms with Crippen LogP contribution in [0.3, 0.4) is 0 Å². The first-order chi connectivity index (χ1) is 6.75. The van der Waals surface area contributed by atoms with Gasteiger partial charge in [0.2, 0.25) is 0 Å². The highest BCUT2D eigenvalue weighted by atomic mass is 35.5. The number of nitriles is 1. The molecule has 1 aromatic heterocycles. The molecular formula is C9H9ClN2OS. The molecule has 1 N–H and O–H groups in total. The summed E-state index contributed by atoms with van der Waals surface area (Å²) in [5.74, 6) is -0.164. The van der Waals surface area contributed by atoms with Crippen molar-refractivity contribution < 1.29 is 4.79 Å². The van der Waals surface area contributed by atoms with Gasteiger partial charge in [-0.05, 0) is 17.9 Å². The molecule has 14 heavy (non-hydrogen) atoms. The molecule has 0 aliphatic heterocycles. The van der Waals surface area contributed by atoms with Gasteiger partial charge in [-0.2, -0.15) is 5.26 Å². The van der Waals surface area contributed by atoms with Crippen LogP contribution < -0.4 is 5.32 Å². The lowest BCUT2D eigenvalue weighted by Gasteiger charge is -2.01. The van der Waals surface area contributed by atoms with Gasteiger partial charge in [-0.15, -0.1) is 11.3 Å². The molecule has 0 aromatic carbocycles. The fraction of sp³-hybridized carbons (Fsp3) is 0.333. The predicted molar refractivity (Wildman–Crippen MR) is 56.5 cm³/mol. The first-order valence-corrected chi connectivity index (χ1v) is 5.39. The van der Waals surface area contributed by atoms with Gasteiger partial charge < -0.3 is 5.32 Å². The zero-order valence-electron chi connectivity index (χ0n) is 7.42. The van der Waals surface area contributed by atoms with E-state index in [1.165, 1.54) is 11.3 Å². The Morgan fingerprint density at radius 3 is 3.07 bits per heavy atom. The second kappa shape index (κ2) is 5.63. The van der Waals surface area contributed by atoms with Gasteiger partial charge in [-0.1, -0.05) is 11.6 Å². The molecule has 1 rings (SSSR count). The Morgan fingerprint density at radius 2 is 2.50 bits per heavy atom. The fourth-order valence-electron chi connectivity index (χ4n) is 0.905. The van der Waals surface area contributed by atoms with Gasteiger partial charge >= 0.3 is 0 Å². The highest BCUT2D eigenvalue weighted by Gasteiger charge is 2.10. The molecule has 0 unspecified atom stereocenters. The molecule has 1 aromatic rings. The van der Waals surface area contributed by atoms with Crippen LogP contribution in [-0.2, 0) is 0 Å². The van der Waals surface area contributed by atoms with E-state index in [4.69, 9.17) is 16.9 Å². The highest BCUT2D eigenvalue weighted by molar-refractivity contribution is 7.12. The van der Waals surface area contributed by atoms with Crippen molar-refractivity contribution in [2.75, 3.05) is 6.54 Å². The predicted octanol–water partition coefficient (Wildman–Crippen LogP) is 2.44. The number of unbranched alkanes of at least 4 members (excludes halogenated alkanes) is 1. The average Bonchev–Trinajstić information content (AvgIpc) is 2.59. The number of hydrogen-bond donors (Lipinski definition) is 1. The first-order valence-electron chi connectivity index (χ1n) is 4.14. The number of hydrogen-bond acceptors (Lipinski definition) is 3. The lowest BCUT2D eigenvalue weighted by molar-refractivity contribution is 0.0957. The van der Waals surface area contributed by atoms with Crippen LogP contribution in [0.15, 0.2) is 11.4 Å². The minimum absolute atomic E-state index is 0.164. The third-order valence-electron chi connectivity index (χ3n) is 1.57. The van der Waals surface area contributed by atoms with Crippen molar-refractivity contribution in [3.63, 3.8) is 0 Å². The molecular weight excluding hydrogens is 220 g/mol. The summed E-state index contributed by atoms with van der Waals surface area (Å²) in [5.41, 5.74) is 0. The average molecular weight is 229 g/mol. The number of amides is 1. The first kappa shape index (κ1) is 11.0. The molecule has 0 atom stereocenters. The van der Waals surface area contributed by atoms with Crippen molar-refractivity contribution >= 4 is 28.8 Å². The minimum atomic E-state index is -0.164. The summed E-state index contributed by atoms with van der Waals surface area (Å²) < 4.78 is 0. The number of thiophene rings is 1. The van der Waals surface area contributed by atoms with Gasteiger partial charge in [0.05, 0.1) is 11.1 Å². The smallest absolute Gasteiger partial charge is 0.262 e. The molecule has 0 saturated heterocycles. The van der Waals surface area contributed by atoms with Crippen molar-refractivity contribution in [2.24, 2.45) is 0 Å². The zero-order chi connectivity index (χ0) is 10.4. The van der Waals surface area contributed by atoms with Crippen LogP contribution in [-0.4, -0.2) is 12.5 Å². The molecule has 0 aliphatic carbocycles. The number of carbonyl (C=O) groups excluding carboxylic acids is 1. The Kier molecular flexibility index (Phi) is 4.44. The summed E-state index contributed by atoms with van der Waals surface area (Å²) in [6.45, 7) is 0.515. The molecule has 0 fully saturated rings. The second-order valence-corrected chi connectivity index (χ2v) is 3.94. The molecule has 0 aliphatic rings. The van der Waals surface area contributed by atoms with Gasteiger partial charge in [-0.25, -0.2) is 0 Å². The maximum absolute atomic E-state index is 11.4. The van der Waals surface area contributed by atoms with Gasteiger partial charge in [0, 0.05) is 13.0 Å². The molecule has 3 nitrogen and oxygen atoms in total. The molecule has 1 heterocycles. The Labute approximate surface area is 91.3 Å². The maximum Gasteiger partial charge on any atom is 0.262 e. The summed E-state index contributed by atoms with van der Waals surface area (Å²) in [5, 5.41) is 13.2. The summed E-state index contributed by atoms with van der Waals surface area (Å²) in [4.78, 5) is 12.0. The SMILES string of the molecule is N#CCCCNC(=O)c1sccc1Cl. The summed E-state index contributed by atoms with van der Waals surface area (Å²) >= 11 is 7.08. The Hall–Kier alpha value is -1.05. The Bertz CT molecular complexity index is 356. The highest BCUT2D eigenvalue weighted by Crippen LogP contribution is 2.21. The number of carbonyl (C=O) groups is 1. The molecule has 0 radical (unpaired) electrons. The van der Waals surface area contributed by atoms with Gasteiger partial charge in [0.1, 0.15) is 4.88 Å². The Balaban J connectivity index is 2.37.